The maximum Gasteiger partial charge on any atom is 0.291 e. The lowest BCUT2D eigenvalue weighted by Gasteiger charge is -2.13. The van der Waals surface area contributed by atoms with Crippen molar-refractivity contribution in [3.63, 3.8) is 0 Å². The summed E-state index contributed by atoms with van der Waals surface area (Å²) in [5.74, 6) is -10.9. The van der Waals surface area contributed by atoms with Crippen LogP contribution in [0.3, 0.4) is 0 Å². The average molecular weight is 467 g/mol. The SMILES string of the molecule is COc1c(F)c(F)c(C(=O)NC(=S)Nc2cccc(NC(=O)c3ccco3)c2)c(F)c1F. The summed E-state index contributed by atoms with van der Waals surface area (Å²) in [4.78, 5) is 24.2. The number of hydrogen-bond acceptors (Lipinski definition) is 5. The van der Waals surface area contributed by atoms with Crippen LogP contribution in [0.2, 0.25) is 0 Å². The van der Waals surface area contributed by atoms with Gasteiger partial charge >= 0.3 is 0 Å². The van der Waals surface area contributed by atoms with E-state index in [0.29, 0.717) is 5.69 Å². The van der Waals surface area contributed by atoms with Crippen LogP contribution >= 0.6 is 12.2 Å². The van der Waals surface area contributed by atoms with E-state index in [2.05, 4.69) is 15.4 Å². The number of nitrogens with one attached hydrogen (secondary N) is 3. The zero-order valence-electron chi connectivity index (χ0n) is 16.1. The minimum atomic E-state index is -1.94. The lowest BCUT2D eigenvalue weighted by atomic mass is 10.1. The predicted octanol–water partition coefficient (Wildman–Crippen LogP) is 4.22. The lowest BCUT2D eigenvalue weighted by molar-refractivity contribution is 0.0964. The molecule has 166 valence electrons. The van der Waals surface area contributed by atoms with E-state index in [1.54, 1.807) is 12.1 Å². The Morgan fingerprint density at radius 3 is 2.09 bits per heavy atom. The highest BCUT2D eigenvalue weighted by molar-refractivity contribution is 7.80. The number of furan rings is 1. The second-order valence-corrected chi connectivity index (χ2v) is 6.49. The van der Waals surface area contributed by atoms with E-state index in [1.807, 2.05) is 5.32 Å². The van der Waals surface area contributed by atoms with E-state index >= 15 is 0 Å². The van der Waals surface area contributed by atoms with Crippen molar-refractivity contribution in [2.75, 3.05) is 17.7 Å². The Kier molecular flexibility index (Phi) is 6.73. The second kappa shape index (κ2) is 9.47. The summed E-state index contributed by atoms with van der Waals surface area (Å²) >= 11 is 4.91. The summed E-state index contributed by atoms with van der Waals surface area (Å²) in [5, 5.41) is 6.61. The molecule has 0 unspecified atom stereocenters. The van der Waals surface area contributed by atoms with Crippen molar-refractivity contribution in [3.8, 4) is 5.75 Å². The first-order valence-corrected chi connectivity index (χ1v) is 9.11. The molecule has 3 N–H and O–H groups in total. The molecule has 0 fully saturated rings. The van der Waals surface area contributed by atoms with Gasteiger partial charge in [-0.05, 0) is 42.5 Å². The molecule has 3 aromatic rings. The number of benzene rings is 2. The third kappa shape index (κ3) is 4.70. The molecule has 0 aliphatic rings. The number of anilines is 2. The van der Waals surface area contributed by atoms with Gasteiger partial charge in [0.25, 0.3) is 11.8 Å². The van der Waals surface area contributed by atoms with Crippen LogP contribution in [0, 0.1) is 23.3 Å². The van der Waals surface area contributed by atoms with Gasteiger partial charge in [0.15, 0.2) is 28.3 Å². The summed E-state index contributed by atoms with van der Waals surface area (Å²) in [6.45, 7) is 0. The highest BCUT2D eigenvalue weighted by atomic mass is 32.1. The van der Waals surface area contributed by atoms with Gasteiger partial charge in [-0.15, -0.1) is 0 Å². The first-order chi connectivity index (χ1) is 15.2. The van der Waals surface area contributed by atoms with E-state index in [9.17, 15) is 27.2 Å². The van der Waals surface area contributed by atoms with Crippen molar-refractivity contribution in [2.45, 2.75) is 0 Å². The van der Waals surface area contributed by atoms with E-state index in [1.165, 1.54) is 30.5 Å². The van der Waals surface area contributed by atoms with Crippen LogP contribution in [0.25, 0.3) is 0 Å². The lowest BCUT2D eigenvalue weighted by Crippen LogP contribution is -2.35. The second-order valence-electron chi connectivity index (χ2n) is 6.08. The summed E-state index contributed by atoms with van der Waals surface area (Å²) in [7, 11) is 0.810. The van der Waals surface area contributed by atoms with Crippen molar-refractivity contribution in [3.05, 3.63) is 77.3 Å². The Morgan fingerprint density at radius 2 is 1.53 bits per heavy atom. The van der Waals surface area contributed by atoms with Gasteiger partial charge in [0.2, 0.25) is 11.6 Å². The number of rotatable bonds is 5. The number of amides is 2. The molecule has 0 atom stereocenters. The molecule has 0 aliphatic carbocycles. The highest BCUT2D eigenvalue weighted by Crippen LogP contribution is 2.29. The van der Waals surface area contributed by atoms with Crippen LogP contribution in [0.4, 0.5) is 28.9 Å². The maximum atomic E-state index is 14.1. The number of hydrogen-bond donors (Lipinski definition) is 3. The number of carbonyl (C=O) groups is 2. The Hall–Kier alpha value is -3.93. The summed E-state index contributed by atoms with van der Waals surface area (Å²) < 4.78 is 65.0. The van der Waals surface area contributed by atoms with Crippen molar-refractivity contribution in [2.24, 2.45) is 0 Å². The third-order valence-corrected chi connectivity index (χ3v) is 4.21. The van der Waals surface area contributed by atoms with Crippen molar-refractivity contribution >= 4 is 40.5 Å². The zero-order valence-corrected chi connectivity index (χ0v) is 16.9. The molecule has 0 bridgehead atoms. The molecule has 0 aliphatic heterocycles. The van der Waals surface area contributed by atoms with Gasteiger partial charge in [0, 0.05) is 11.4 Å². The molecule has 32 heavy (non-hydrogen) atoms. The molecule has 3 rings (SSSR count). The Balaban J connectivity index is 1.71. The maximum absolute atomic E-state index is 14.1. The molecule has 1 heterocycles. The molecule has 7 nitrogen and oxygen atoms in total. The molecular weight excluding hydrogens is 454 g/mol. The molecule has 0 spiro atoms. The van der Waals surface area contributed by atoms with E-state index in [-0.39, 0.29) is 11.4 Å². The first kappa shape index (κ1) is 22.7. The van der Waals surface area contributed by atoms with Crippen LogP contribution in [0.5, 0.6) is 5.75 Å². The van der Waals surface area contributed by atoms with Gasteiger partial charge in [0.05, 0.1) is 13.4 Å². The predicted molar refractivity (Wildman–Crippen MR) is 110 cm³/mol. The number of carbonyl (C=O) groups excluding carboxylic acids is 2. The van der Waals surface area contributed by atoms with Crippen LogP contribution in [0.15, 0.2) is 47.1 Å². The fraction of sp³-hybridized carbons (Fsp3) is 0.0500. The van der Waals surface area contributed by atoms with Crippen molar-refractivity contribution < 1.29 is 36.3 Å². The standard InChI is InChI=1S/C20H13F4N3O4S/c1-30-17-15(23)13(21)12(14(22)16(17)24)19(29)27-20(32)26-10-5-2-4-9(8-10)25-18(28)11-6-3-7-31-11/h2-8H,1H3,(H,25,28)(H2,26,27,29,32). The highest BCUT2D eigenvalue weighted by Gasteiger charge is 2.30. The quantitative estimate of drug-likeness (QED) is 0.296. The molecule has 0 saturated heterocycles. The minimum absolute atomic E-state index is 0.0779. The number of halogens is 4. The first-order valence-electron chi connectivity index (χ1n) is 8.70. The smallest absolute Gasteiger partial charge is 0.291 e. The molecule has 0 radical (unpaired) electrons. The molecule has 0 saturated carbocycles. The Morgan fingerprint density at radius 1 is 0.906 bits per heavy atom. The van der Waals surface area contributed by atoms with E-state index in [4.69, 9.17) is 16.6 Å². The van der Waals surface area contributed by atoms with Crippen LogP contribution < -0.4 is 20.7 Å². The monoisotopic (exact) mass is 467 g/mol. The molecular formula is C20H13F4N3O4S. The third-order valence-electron chi connectivity index (χ3n) is 4.00. The van der Waals surface area contributed by atoms with Crippen LogP contribution in [-0.4, -0.2) is 24.0 Å². The molecule has 2 aromatic carbocycles. The number of methoxy groups -OCH3 is 1. The molecule has 1 aromatic heterocycles. The van der Waals surface area contributed by atoms with Gasteiger partial charge in [-0.3, -0.25) is 14.9 Å². The summed E-state index contributed by atoms with van der Waals surface area (Å²) in [6.07, 6.45) is 1.33. The molecule has 2 amide bonds. The van der Waals surface area contributed by atoms with E-state index < -0.39 is 51.5 Å². The van der Waals surface area contributed by atoms with E-state index in [0.717, 1.165) is 7.11 Å². The van der Waals surface area contributed by atoms with Gasteiger partial charge in [-0.25, -0.2) is 8.78 Å². The Bertz CT molecular complexity index is 1170. The van der Waals surface area contributed by atoms with Gasteiger partial charge < -0.3 is 19.8 Å². The van der Waals surface area contributed by atoms with Gasteiger partial charge in [-0.2, -0.15) is 8.78 Å². The van der Waals surface area contributed by atoms with Gasteiger partial charge in [0.1, 0.15) is 5.56 Å². The number of thiocarbonyl (C=S) groups is 1. The van der Waals surface area contributed by atoms with Crippen LogP contribution in [-0.2, 0) is 0 Å². The largest absolute Gasteiger partial charge is 0.491 e. The fourth-order valence-electron chi connectivity index (χ4n) is 2.59. The van der Waals surface area contributed by atoms with Gasteiger partial charge in [-0.1, -0.05) is 6.07 Å². The van der Waals surface area contributed by atoms with Crippen LogP contribution in [0.1, 0.15) is 20.9 Å². The normalized spacial score (nSPS) is 10.4. The summed E-state index contributed by atoms with van der Waals surface area (Å²) in [6, 6.07) is 9.05. The Labute approximate surface area is 183 Å². The topological polar surface area (TPSA) is 92.6 Å². The average Bonchev–Trinajstić information content (AvgIpc) is 3.28. The van der Waals surface area contributed by atoms with Crippen molar-refractivity contribution in [1.82, 2.24) is 5.32 Å². The summed E-state index contributed by atoms with van der Waals surface area (Å²) in [5.41, 5.74) is -0.896. The molecule has 12 heteroatoms. The zero-order chi connectivity index (χ0) is 23.4. The fourth-order valence-corrected chi connectivity index (χ4v) is 2.80. The van der Waals surface area contributed by atoms with Crippen molar-refractivity contribution in [1.29, 1.82) is 0 Å². The minimum Gasteiger partial charge on any atom is -0.491 e. The number of ether oxygens (including phenoxy) is 1.